The van der Waals surface area contributed by atoms with E-state index in [4.69, 9.17) is 5.73 Å². The van der Waals surface area contributed by atoms with Crippen molar-refractivity contribution in [2.45, 2.75) is 32.9 Å². The normalized spacial score (nSPS) is 14.6. The van der Waals surface area contributed by atoms with Gasteiger partial charge in [-0.2, -0.15) is 0 Å². The van der Waals surface area contributed by atoms with Gasteiger partial charge >= 0.3 is 0 Å². The third-order valence-corrected chi connectivity index (χ3v) is 4.19. The van der Waals surface area contributed by atoms with Crippen LogP contribution in [0.1, 0.15) is 29.2 Å². The summed E-state index contributed by atoms with van der Waals surface area (Å²) < 4.78 is 0. The smallest absolute Gasteiger partial charge is 0.249 e. The topological polar surface area (TPSA) is 63.4 Å². The first kappa shape index (κ1) is 13.1. The Kier molecular flexibility index (Phi) is 3.18. The van der Waals surface area contributed by atoms with Crippen LogP contribution in [0.15, 0.2) is 27.8 Å². The summed E-state index contributed by atoms with van der Waals surface area (Å²) >= 11 is 0. The minimum absolute atomic E-state index is 0.151. The molecule has 0 saturated heterocycles. The average molecular weight is 270 g/mol. The van der Waals surface area contributed by atoms with Crippen molar-refractivity contribution in [2.24, 2.45) is 5.73 Å². The number of anilines is 1. The fourth-order valence-electron chi connectivity index (χ4n) is 2.97. The lowest BCUT2D eigenvalue weighted by Gasteiger charge is -2.32. The number of benzene rings is 1. The van der Waals surface area contributed by atoms with Gasteiger partial charge in [0.05, 0.1) is 5.69 Å². The van der Waals surface area contributed by atoms with Crippen LogP contribution >= 0.6 is 0 Å². The third kappa shape index (κ3) is 1.88. The van der Waals surface area contributed by atoms with Crippen molar-refractivity contribution in [1.29, 1.82) is 0 Å². The molecule has 2 aromatic rings. The number of nitrogens with zero attached hydrogens (tertiary/aromatic N) is 1. The molecule has 20 heavy (non-hydrogen) atoms. The Morgan fingerprint density at radius 3 is 2.70 bits per heavy atom. The summed E-state index contributed by atoms with van der Waals surface area (Å²) in [6.45, 7) is 3.75. The Labute approximate surface area is 117 Å². The Balaban J connectivity index is 1.94. The fraction of sp³-hybridized carbons (Fsp3) is 0.375. The van der Waals surface area contributed by atoms with E-state index in [1.165, 1.54) is 16.7 Å². The van der Waals surface area contributed by atoms with Crippen molar-refractivity contribution < 1.29 is 0 Å². The van der Waals surface area contributed by atoms with E-state index in [9.17, 15) is 9.59 Å². The second kappa shape index (κ2) is 4.87. The standard InChI is InChI=1S/C16H18N2O2/c1-2-10-3-4-11-5-6-18(9-12(11)7-10)14-13(8-17)15(19)16(14)20/h3-4,7H,2,5-6,8-9,17H2,1H3. The first-order valence-electron chi connectivity index (χ1n) is 7.03. The van der Waals surface area contributed by atoms with E-state index in [1.807, 2.05) is 4.90 Å². The number of rotatable bonds is 3. The highest BCUT2D eigenvalue weighted by molar-refractivity contribution is 5.60. The lowest BCUT2D eigenvalue weighted by atomic mass is 9.95. The van der Waals surface area contributed by atoms with E-state index in [2.05, 4.69) is 25.1 Å². The third-order valence-electron chi connectivity index (χ3n) is 4.19. The molecule has 2 aromatic carbocycles. The molecule has 0 spiro atoms. The summed E-state index contributed by atoms with van der Waals surface area (Å²) in [5.41, 5.74) is 9.72. The van der Waals surface area contributed by atoms with Crippen molar-refractivity contribution in [3.05, 3.63) is 60.9 Å². The van der Waals surface area contributed by atoms with Gasteiger partial charge in [0.2, 0.25) is 10.9 Å². The van der Waals surface area contributed by atoms with Crippen molar-refractivity contribution in [3.63, 3.8) is 0 Å². The molecule has 0 amide bonds. The zero-order valence-electron chi connectivity index (χ0n) is 11.6. The van der Waals surface area contributed by atoms with Crippen LogP contribution in [0, 0.1) is 0 Å². The monoisotopic (exact) mass is 270 g/mol. The van der Waals surface area contributed by atoms with Crippen LogP contribution in [0.2, 0.25) is 0 Å². The van der Waals surface area contributed by atoms with Crippen LogP contribution in [-0.4, -0.2) is 6.54 Å². The largest absolute Gasteiger partial charge is 0.363 e. The van der Waals surface area contributed by atoms with Gasteiger partial charge in [-0.15, -0.1) is 0 Å². The maximum atomic E-state index is 11.8. The quantitative estimate of drug-likeness (QED) is 0.841. The second-order valence-corrected chi connectivity index (χ2v) is 5.32. The average Bonchev–Trinajstić information content (AvgIpc) is 2.50. The van der Waals surface area contributed by atoms with Gasteiger partial charge in [0, 0.05) is 25.2 Å². The van der Waals surface area contributed by atoms with Gasteiger partial charge in [0.15, 0.2) is 0 Å². The SMILES string of the molecule is CCc1ccc2c(c1)CN(c1c(CN)c(=O)c1=O)CC2. The number of hydrogen-bond donors (Lipinski definition) is 1. The Bertz CT molecular complexity index is 726. The minimum atomic E-state index is -0.407. The van der Waals surface area contributed by atoms with Crippen molar-refractivity contribution in [3.8, 4) is 0 Å². The molecule has 0 bridgehead atoms. The summed E-state index contributed by atoms with van der Waals surface area (Å²) in [7, 11) is 0. The molecule has 4 heteroatoms. The fourth-order valence-corrected chi connectivity index (χ4v) is 2.97. The lowest BCUT2D eigenvalue weighted by Crippen LogP contribution is -2.46. The summed E-state index contributed by atoms with van der Waals surface area (Å²) in [6, 6.07) is 6.55. The first-order valence-corrected chi connectivity index (χ1v) is 7.03. The van der Waals surface area contributed by atoms with Crippen LogP contribution in [-0.2, 0) is 25.9 Å². The van der Waals surface area contributed by atoms with Gasteiger partial charge in [-0.05, 0) is 29.5 Å². The molecule has 104 valence electrons. The molecule has 0 radical (unpaired) electrons. The molecule has 4 nitrogen and oxygen atoms in total. The second-order valence-electron chi connectivity index (χ2n) is 5.32. The van der Waals surface area contributed by atoms with Crippen LogP contribution in [0.25, 0.3) is 0 Å². The van der Waals surface area contributed by atoms with Crippen LogP contribution in [0.4, 0.5) is 5.69 Å². The Morgan fingerprint density at radius 1 is 1.20 bits per heavy atom. The van der Waals surface area contributed by atoms with Crippen LogP contribution in [0.3, 0.4) is 0 Å². The van der Waals surface area contributed by atoms with Gasteiger partial charge in [0.1, 0.15) is 0 Å². The number of aryl methyl sites for hydroxylation is 1. The van der Waals surface area contributed by atoms with E-state index >= 15 is 0 Å². The van der Waals surface area contributed by atoms with Gasteiger partial charge in [-0.3, -0.25) is 9.59 Å². The summed E-state index contributed by atoms with van der Waals surface area (Å²) in [5, 5.41) is 0. The summed E-state index contributed by atoms with van der Waals surface area (Å²) in [4.78, 5) is 25.2. The number of fused-ring (bicyclic) bond motifs is 1. The maximum absolute atomic E-state index is 11.8. The molecule has 0 fully saturated rings. The first-order chi connectivity index (χ1) is 9.65. The highest BCUT2D eigenvalue weighted by Gasteiger charge is 2.27. The highest BCUT2D eigenvalue weighted by Crippen LogP contribution is 2.25. The zero-order chi connectivity index (χ0) is 14.3. The highest BCUT2D eigenvalue weighted by atomic mass is 16.2. The molecule has 2 N–H and O–H groups in total. The molecule has 3 rings (SSSR count). The molecule has 0 atom stereocenters. The predicted molar refractivity (Wildman–Crippen MR) is 79.8 cm³/mol. The summed E-state index contributed by atoms with van der Waals surface area (Å²) in [5.74, 6) is 0. The van der Waals surface area contributed by atoms with Crippen LogP contribution < -0.4 is 21.5 Å². The van der Waals surface area contributed by atoms with E-state index in [-0.39, 0.29) is 12.0 Å². The number of nitrogens with two attached hydrogens (primary N) is 1. The molecular weight excluding hydrogens is 252 g/mol. The zero-order valence-corrected chi connectivity index (χ0v) is 11.6. The molecular formula is C16H18N2O2. The number of hydrogen-bond acceptors (Lipinski definition) is 4. The molecule has 1 aliphatic heterocycles. The molecule has 0 saturated carbocycles. The Hall–Kier alpha value is -1.94. The van der Waals surface area contributed by atoms with Gasteiger partial charge in [-0.1, -0.05) is 25.1 Å². The van der Waals surface area contributed by atoms with Gasteiger partial charge < -0.3 is 10.6 Å². The van der Waals surface area contributed by atoms with Gasteiger partial charge in [0.25, 0.3) is 0 Å². The molecule has 0 aliphatic carbocycles. The summed E-state index contributed by atoms with van der Waals surface area (Å²) in [6.07, 6.45) is 1.91. The molecule has 1 heterocycles. The lowest BCUT2D eigenvalue weighted by molar-refractivity contribution is 0.716. The van der Waals surface area contributed by atoms with Crippen LogP contribution in [0.5, 0.6) is 0 Å². The van der Waals surface area contributed by atoms with E-state index in [1.54, 1.807) is 0 Å². The van der Waals surface area contributed by atoms with E-state index < -0.39 is 5.43 Å². The molecule has 0 unspecified atom stereocenters. The Morgan fingerprint density at radius 2 is 2.00 bits per heavy atom. The molecule has 1 aliphatic rings. The minimum Gasteiger partial charge on any atom is -0.363 e. The van der Waals surface area contributed by atoms with Crippen molar-refractivity contribution in [2.75, 3.05) is 11.4 Å². The van der Waals surface area contributed by atoms with E-state index in [0.717, 1.165) is 19.4 Å². The van der Waals surface area contributed by atoms with E-state index in [0.29, 0.717) is 17.8 Å². The maximum Gasteiger partial charge on any atom is 0.249 e. The molecule has 0 aromatic heterocycles. The van der Waals surface area contributed by atoms with Crippen molar-refractivity contribution >= 4 is 5.69 Å². The van der Waals surface area contributed by atoms with Gasteiger partial charge in [-0.25, -0.2) is 0 Å². The van der Waals surface area contributed by atoms with Crippen molar-refractivity contribution in [1.82, 2.24) is 0 Å². The predicted octanol–water partition coefficient (Wildman–Crippen LogP) is 0.866.